The van der Waals surface area contributed by atoms with Crippen LogP contribution in [0.5, 0.6) is 11.5 Å². The van der Waals surface area contributed by atoms with Gasteiger partial charge in [0.05, 0.1) is 14.2 Å². The third kappa shape index (κ3) is 3.19. The van der Waals surface area contributed by atoms with E-state index < -0.39 is 0 Å². The van der Waals surface area contributed by atoms with E-state index in [1.165, 1.54) is 29.5 Å². The fourth-order valence-corrected chi connectivity index (χ4v) is 3.96. The maximum Gasteiger partial charge on any atom is 0.119 e. The number of ether oxygens (including phenoxy) is 2. The molecule has 3 rings (SSSR count). The summed E-state index contributed by atoms with van der Waals surface area (Å²) in [5.41, 5.74) is 4.36. The maximum atomic E-state index is 5.40. The van der Waals surface area contributed by atoms with Gasteiger partial charge in [-0.25, -0.2) is 0 Å². The molecule has 0 radical (unpaired) electrons. The monoisotopic (exact) mass is 322 g/mol. The zero-order valence-electron chi connectivity index (χ0n) is 14.7. The summed E-state index contributed by atoms with van der Waals surface area (Å²) in [5, 5.41) is 0. The number of hydrogen-bond acceptors (Lipinski definition) is 2. The van der Waals surface area contributed by atoms with Crippen LogP contribution in [0.1, 0.15) is 36.0 Å². The number of rotatable bonds is 5. The van der Waals surface area contributed by atoms with E-state index in [0.717, 1.165) is 30.8 Å². The van der Waals surface area contributed by atoms with Crippen LogP contribution in [-0.2, 0) is 18.3 Å². The van der Waals surface area contributed by atoms with Crippen LogP contribution < -0.4 is 9.47 Å². The second kappa shape index (κ2) is 7.12. The highest BCUT2D eigenvalue weighted by Gasteiger charge is 2.33. The first-order valence-corrected chi connectivity index (χ1v) is 8.62. The molecule has 0 heterocycles. The third-order valence-corrected chi connectivity index (χ3v) is 5.28. The molecule has 1 atom stereocenters. The van der Waals surface area contributed by atoms with Gasteiger partial charge in [0.25, 0.3) is 0 Å². The molecule has 0 saturated carbocycles. The van der Waals surface area contributed by atoms with Crippen molar-refractivity contribution in [3.8, 4) is 11.5 Å². The topological polar surface area (TPSA) is 18.5 Å². The molecular weight excluding hydrogens is 296 g/mol. The summed E-state index contributed by atoms with van der Waals surface area (Å²) in [7, 11) is 3.45. The molecule has 24 heavy (non-hydrogen) atoms. The van der Waals surface area contributed by atoms with Crippen molar-refractivity contribution < 1.29 is 9.47 Å². The van der Waals surface area contributed by atoms with Crippen LogP contribution in [0.4, 0.5) is 0 Å². The molecule has 0 N–H and O–H groups in total. The average molecular weight is 322 g/mol. The molecule has 1 aliphatic rings. The Bertz CT molecular complexity index is 702. The van der Waals surface area contributed by atoms with E-state index >= 15 is 0 Å². The fraction of sp³-hybridized carbons (Fsp3) is 0.364. The molecule has 2 heteroatoms. The Balaban J connectivity index is 2.00. The van der Waals surface area contributed by atoms with Crippen molar-refractivity contribution in [1.29, 1.82) is 0 Å². The van der Waals surface area contributed by atoms with Gasteiger partial charge in [-0.2, -0.15) is 0 Å². The highest BCUT2D eigenvalue weighted by molar-refractivity contribution is 5.41. The number of fused-ring (bicyclic) bond motifs is 1. The molecule has 126 valence electrons. The Kier molecular flexibility index (Phi) is 4.94. The van der Waals surface area contributed by atoms with Crippen molar-refractivity contribution in [1.82, 2.24) is 0 Å². The predicted molar refractivity (Wildman–Crippen MR) is 99.1 cm³/mol. The Hall–Kier alpha value is -2.22. The minimum atomic E-state index is 0.119. The highest BCUT2D eigenvalue weighted by atomic mass is 16.5. The molecule has 0 saturated heterocycles. The molecule has 2 nitrogen and oxygen atoms in total. The summed E-state index contributed by atoms with van der Waals surface area (Å²) in [5.74, 6) is 1.86. The maximum absolute atomic E-state index is 5.40. The van der Waals surface area contributed by atoms with Crippen molar-refractivity contribution in [2.75, 3.05) is 14.2 Å². The number of methoxy groups -OCH3 is 2. The van der Waals surface area contributed by atoms with Gasteiger partial charge in [-0.1, -0.05) is 24.3 Å². The molecule has 0 aromatic heterocycles. The first-order valence-electron chi connectivity index (χ1n) is 8.62. The summed E-state index contributed by atoms with van der Waals surface area (Å²) in [6, 6.07) is 15.1. The molecule has 0 amide bonds. The van der Waals surface area contributed by atoms with Gasteiger partial charge >= 0.3 is 0 Å². The van der Waals surface area contributed by atoms with Gasteiger partial charge in [0, 0.05) is 5.41 Å². The Labute approximate surface area is 145 Å². The Morgan fingerprint density at radius 1 is 1.00 bits per heavy atom. The number of benzene rings is 2. The fourth-order valence-electron chi connectivity index (χ4n) is 3.96. The number of allylic oxidation sites excluding steroid dienone is 1. The zero-order chi connectivity index (χ0) is 17.0. The normalized spacial score (nSPS) is 19.9. The number of aryl methyl sites for hydroxylation is 1. The van der Waals surface area contributed by atoms with Crippen LogP contribution in [0.25, 0.3) is 0 Å². The lowest BCUT2D eigenvalue weighted by Gasteiger charge is -2.33. The van der Waals surface area contributed by atoms with E-state index in [1.807, 2.05) is 0 Å². The van der Waals surface area contributed by atoms with Crippen LogP contribution >= 0.6 is 0 Å². The minimum Gasteiger partial charge on any atom is -0.497 e. The van der Waals surface area contributed by atoms with Crippen molar-refractivity contribution in [2.45, 2.75) is 37.5 Å². The Morgan fingerprint density at radius 3 is 2.38 bits per heavy atom. The molecular formula is C22H26O2. The second-order valence-electron chi connectivity index (χ2n) is 6.67. The largest absolute Gasteiger partial charge is 0.497 e. The van der Waals surface area contributed by atoms with Crippen LogP contribution in [0.15, 0.2) is 55.1 Å². The van der Waals surface area contributed by atoms with Gasteiger partial charge in [0.1, 0.15) is 11.5 Å². The average Bonchev–Trinajstić information content (AvgIpc) is 2.81. The smallest absolute Gasteiger partial charge is 0.119 e. The first kappa shape index (κ1) is 16.6. The van der Waals surface area contributed by atoms with Crippen molar-refractivity contribution >= 4 is 0 Å². The predicted octanol–water partition coefficient (Wildman–Crippen LogP) is 5.10. The van der Waals surface area contributed by atoms with Crippen molar-refractivity contribution in [3.63, 3.8) is 0 Å². The Morgan fingerprint density at radius 2 is 1.71 bits per heavy atom. The first-order chi connectivity index (χ1) is 11.7. The van der Waals surface area contributed by atoms with Crippen LogP contribution in [0.3, 0.4) is 0 Å². The summed E-state index contributed by atoms with van der Waals surface area (Å²) in [6.07, 6.45) is 7.57. The summed E-state index contributed by atoms with van der Waals surface area (Å²) < 4.78 is 10.7. The molecule has 0 bridgehead atoms. The van der Waals surface area contributed by atoms with E-state index in [4.69, 9.17) is 9.47 Å². The molecule has 2 aromatic carbocycles. The van der Waals surface area contributed by atoms with Crippen LogP contribution in [-0.4, -0.2) is 14.2 Å². The van der Waals surface area contributed by atoms with Gasteiger partial charge in [0.2, 0.25) is 0 Å². The van der Waals surface area contributed by atoms with Crippen molar-refractivity contribution in [3.05, 3.63) is 71.8 Å². The highest BCUT2D eigenvalue weighted by Crippen LogP contribution is 2.41. The van der Waals surface area contributed by atoms with Gasteiger partial charge in [0.15, 0.2) is 0 Å². The van der Waals surface area contributed by atoms with E-state index in [9.17, 15) is 0 Å². The minimum absolute atomic E-state index is 0.119. The SMILES string of the molecule is C=CCC1(c2ccc(OC)cc2)CCCc2cc(OC)ccc2C1. The lowest BCUT2D eigenvalue weighted by atomic mass is 9.71. The lowest BCUT2D eigenvalue weighted by molar-refractivity contribution is 0.389. The third-order valence-electron chi connectivity index (χ3n) is 5.28. The second-order valence-corrected chi connectivity index (χ2v) is 6.67. The molecule has 1 unspecified atom stereocenters. The van der Waals surface area contributed by atoms with Crippen molar-refractivity contribution in [2.24, 2.45) is 0 Å². The van der Waals surface area contributed by atoms with Gasteiger partial charge in [-0.15, -0.1) is 6.58 Å². The summed E-state index contributed by atoms with van der Waals surface area (Å²) in [6.45, 7) is 4.03. The lowest BCUT2D eigenvalue weighted by Crippen LogP contribution is -2.27. The van der Waals surface area contributed by atoms with Crippen LogP contribution in [0.2, 0.25) is 0 Å². The summed E-state index contributed by atoms with van der Waals surface area (Å²) >= 11 is 0. The van der Waals surface area contributed by atoms with E-state index in [2.05, 4.69) is 55.1 Å². The van der Waals surface area contributed by atoms with Gasteiger partial charge in [-0.3, -0.25) is 0 Å². The number of hydrogen-bond donors (Lipinski definition) is 0. The standard InChI is InChI=1S/C22H26O2/c1-4-13-22(19-8-11-20(23-2)12-9-19)14-5-6-17-15-21(24-3)10-7-18(17)16-22/h4,7-12,15H,1,5-6,13-14,16H2,2-3H3. The van der Waals surface area contributed by atoms with E-state index in [0.29, 0.717) is 0 Å². The summed E-state index contributed by atoms with van der Waals surface area (Å²) in [4.78, 5) is 0. The van der Waals surface area contributed by atoms with Gasteiger partial charge in [-0.05, 0) is 73.1 Å². The molecule has 0 spiro atoms. The molecule has 0 fully saturated rings. The van der Waals surface area contributed by atoms with E-state index in [-0.39, 0.29) is 5.41 Å². The zero-order valence-corrected chi connectivity index (χ0v) is 14.7. The molecule has 1 aliphatic carbocycles. The van der Waals surface area contributed by atoms with E-state index in [1.54, 1.807) is 14.2 Å². The van der Waals surface area contributed by atoms with Crippen LogP contribution in [0, 0.1) is 0 Å². The molecule has 0 aliphatic heterocycles. The van der Waals surface area contributed by atoms with Gasteiger partial charge < -0.3 is 9.47 Å². The quantitative estimate of drug-likeness (QED) is 0.563. The molecule has 2 aromatic rings.